The maximum atomic E-state index is 12.9. The van der Waals surface area contributed by atoms with E-state index in [0.717, 1.165) is 29.2 Å². The first-order chi connectivity index (χ1) is 15.1. The quantitative estimate of drug-likeness (QED) is 0.669. The second kappa shape index (κ2) is 9.02. The van der Waals surface area contributed by atoms with E-state index in [-0.39, 0.29) is 5.91 Å². The number of rotatable bonds is 6. The number of hydrogen-bond donors (Lipinski definition) is 1. The minimum Gasteiger partial charge on any atom is -0.492 e. The van der Waals surface area contributed by atoms with Gasteiger partial charge in [0.15, 0.2) is 0 Å². The first kappa shape index (κ1) is 20.6. The largest absolute Gasteiger partial charge is 0.492 e. The number of piperazine rings is 1. The zero-order chi connectivity index (χ0) is 21.8. The highest BCUT2D eigenvalue weighted by molar-refractivity contribution is 5.84. The molecule has 158 valence electrons. The molecule has 7 nitrogen and oxygen atoms in total. The predicted octanol–water partition coefficient (Wildman–Crippen LogP) is 2.91. The molecule has 1 N–H and O–H groups in total. The highest BCUT2D eigenvalue weighted by Crippen LogP contribution is 2.30. The van der Waals surface area contributed by atoms with Crippen molar-refractivity contribution in [1.29, 1.82) is 5.26 Å². The molecule has 0 bridgehead atoms. The summed E-state index contributed by atoms with van der Waals surface area (Å²) < 4.78 is 7.76. The number of nitriles is 1. The monoisotopic (exact) mass is 415 g/mol. The van der Waals surface area contributed by atoms with E-state index in [1.165, 1.54) is 0 Å². The molecule has 1 saturated heterocycles. The van der Waals surface area contributed by atoms with Crippen molar-refractivity contribution in [2.45, 2.75) is 19.9 Å². The van der Waals surface area contributed by atoms with E-state index >= 15 is 0 Å². The number of aromatic nitrogens is 2. The van der Waals surface area contributed by atoms with Crippen LogP contribution in [-0.4, -0.2) is 46.8 Å². The molecule has 1 unspecified atom stereocenters. The van der Waals surface area contributed by atoms with Gasteiger partial charge in [0, 0.05) is 30.9 Å². The van der Waals surface area contributed by atoms with Crippen molar-refractivity contribution in [3.8, 4) is 17.5 Å². The molecule has 0 aliphatic carbocycles. The number of ether oxygens (including phenoxy) is 1. The number of amides is 1. The minimum atomic E-state index is -0.407. The molecule has 1 fully saturated rings. The summed E-state index contributed by atoms with van der Waals surface area (Å²) in [6.07, 6.45) is 0. The lowest BCUT2D eigenvalue weighted by molar-refractivity contribution is -0.129. The van der Waals surface area contributed by atoms with Gasteiger partial charge in [-0.2, -0.15) is 10.4 Å². The number of para-hydroxylation sites is 1. The van der Waals surface area contributed by atoms with Crippen molar-refractivity contribution in [3.63, 3.8) is 0 Å². The molecule has 1 aliphatic heterocycles. The van der Waals surface area contributed by atoms with Gasteiger partial charge in [0.2, 0.25) is 5.91 Å². The highest BCUT2D eigenvalue weighted by atomic mass is 16.5. The van der Waals surface area contributed by atoms with Gasteiger partial charge in [-0.25, -0.2) is 4.68 Å². The van der Waals surface area contributed by atoms with Gasteiger partial charge in [-0.1, -0.05) is 18.2 Å². The maximum Gasteiger partial charge on any atom is 0.242 e. The fourth-order valence-corrected chi connectivity index (χ4v) is 4.05. The van der Waals surface area contributed by atoms with Gasteiger partial charge in [0.25, 0.3) is 0 Å². The first-order valence-electron chi connectivity index (χ1n) is 10.3. The third-order valence-electron chi connectivity index (χ3n) is 5.56. The molecule has 1 atom stereocenters. The summed E-state index contributed by atoms with van der Waals surface area (Å²) in [6.45, 7) is 6.36. The zero-order valence-electron chi connectivity index (χ0n) is 17.7. The van der Waals surface area contributed by atoms with Crippen LogP contribution in [0.25, 0.3) is 5.69 Å². The Morgan fingerprint density at radius 2 is 1.90 bits per heavy atom. The van der Waals surface area contributed by atoms with Crippen LogP contribution in [-0.2, 0) is 4.79 Å². The molecule has 3 aromatic rings. The molecule has 2 heterocycles. The van der Waals surface area contributed by atoms with E-state index in [4.69, 9.17) is 15.1 Å². The summed E-state index contributed by atoms with van der Waals surface area (Å²) in [6, 6.07) is 18.7. The molecule has 31 heavy (non-hydrogen) atoms. The average molecular weight is 415 g/mol. The van der Waals surface area contributed by atoms with Crippen LogP contribution in [0.5, 0.6) is 5.75 Å². The number of benzene rings is 2. The Bertz CT molecular complexity index is 1100. The van der Waals surface area contributed by atoms with E-state index in [2.05, 4.69) is 16.3 Å². The van der Waals surface area contributed by atoms with Gasteiger partial charge < -0.3 is 10.1 Å². The summed E-state index contributed by atoms with van der Waals surface area (Å²) in [4.78, 5) is 15.0. The smallest absolute Gasteiger partial charge is 0.242 e. The maximum absolute atomic E-state index is 12.9. The summed E-state index contributed by atoms with van der Waals surface area (Å²) in [7, 11) is 0. The van der Waals surface area contributed by atoms with E-state index in [1.54, 1.807) is 24.3 Å². The van der Waals surface area contributed by atoms with Crippen molar-refractivity contribution in [1.82, 2.24) is 20.0 Å². The Kier molecular flexibility index (Phi) is 6.01. The van der Waals surface area contributed by atoms with Crippen molar-refractivity contribution >= 4 is 5.91 Å². The second-order valence-electron chi connectivity index (χ2n) is 7.55. The normalized spacial score (nSPS) is 16.5. The second-order valence-corrected chi connectivity index (χ2v) is 7.55. The lowest BCUT2D eigenvalue weighted by Gasteiger charge is -2.35. The number of hydrogen-bond acceptors (Lipinski definition) is 5. The summed E-state index contributed by atoms with van der Waals surface area (Å²) in [5.74, 6) is 0.699. The fourth-order valence-electron chi connectivity index (χ4n) is 4.05. The van der Waals surface area contributed by atoms with Crippen LogP contribution < -0.4 is 10.1 Å². The SMILES string of the molecule is Cc1nn(-c2ccccc2)c(C)c1C1C(=O)NCCN1CCOc1ccc(C#N)cc1. The van der Waals surface area contributed by atoms with Crippen molar-refractivity contribution < 1.29 is 9.53 Å². The van der Waals surface area contributed by atoms with Gasteiger partial charge in [-0.3, -0.25) is 9.69 Å². The van der Waals surface area contributed by atoms with Crippen molar-refractivity contribution in [2.24, 2.45) is 0 Å². The molecule has 1 amide bonds. The van der Waals surface area contributed by atoms with Crippen LogP contribution >= 0.6 is 0 Å². The Balaban J connectivity index is 1.53. The lowest BCUT2D eigenvalue weighted by atomic mass is 10.0. The van der Waals surface area contributed by atoms with Crippen LogP contribution in [0.3, 0.4) is 0 Å². The van der Waals surface area contributed by atoms with Gasteiger partial charge in [0.05, 0.1) is 23.0 Å². The van der Waals surface area contributed by atoms with Crippen LogP contribution in [0.4, 0.5) is 0 Å². The Morgan fingerprint density at radius 3 is 2.61 bits per heavy atom. The molecule has 1 aliphatic rings. The van der Waals surface area contributed by atoms with Crippen LogP contribution in [0, 0.1) is 25.2 Å². The molecule has 2 aromatic carbocycles. The van der Waals surface area contributed by atoms with Crippen molar-refractivity contribution in [2.75, 3.05) is 26.2 Å². The van der Waals surface area contributed by atoms with Crippen LogP contribution in [0.1, 0.15) is 28.6 Å². The molecule has 0 spiro atoms. The van der Waals surface area contributed by atoms with E-state index in [9.17, 15) is 4.79 Å². The molecular formula is C24H25N5O2. The Hall–Kier alpha value is -3.63. The Morgan fingerprint density at radius 1 is 1.16 bits per heavy atom. The third-order valence-corrected chi connectivity index (χ3v) is 5.56. The molecule has 0 saturated carbocycles. The molecule has 1 aromatic heterocycles. The minimum absolute atomic E-state index is 0.0107. The number of carbonyl (C=O) groups is 1. The molecule has 7 heteroatoms. The van der Waals surface area contributed by atoms with Gasteiger partial charge in [-0.05, 0) is 50.2 Å². The van der Waals surface area contributed by atoms with Crippen LogP contribution in [0.15, 0.2) is 54.6 Å². The first-order valence-corrected chi connectivity index (χ1v) is 10.3. The number of nitrogens with zero attached hydrogens (tertiary/aromatic N) is 4. The number of aryl methyl sites for hydroxylation is 1. The Labute approximate surface area is 181 Å². The van der Waals surface area contributed by atoms with Crippen molar-refractivity contribution in [3.05, 3.63) is 77.1 Å². The lowest BCUT2D eigenvalue weighted by Crippen LogP contribution is -2.51. The molecular weight excluding hydrogens is 390 g/mol. The fraction of sp³-hybridized carbons (Fsp3) is 0.292. The number of nitrogens with one attached hydrogen (secondary N) is 1. The van der Waals surface area contributed by atoms with Gasteiger partial charge in [-0.15, -0.1) is 0 Å². The van der Waals surface area contributed by atoms with Crippen LogP contribution in [0.2, 0.25) is 0 Å². The van der Waals surface area contributed by atoms with Gasteiger partial charge >= 0.3 is 0 Å². The zero-order valence-corrected chi connectivity index (χ0v) is 17.7. The van der Waals surface area contributed by atoms with E-state index in [0.29, 0.717) is 31.0 Å². The van der Waals surface area contributed by atoms with Gasteiger partial charge in [0.1, 0.15) is 18.4 Å². The average Bonchev–Trinajstić information content (AvgIpc) is 3.09. The topological polar surface area (TPSA) is 83.2 Å². The molecule has 0 radical (unpaired) electrons. The third kappa shape index (κ3) is 4.30. The summed E-state index contributed by atoms with van der Waals surface area (Å²) in [5.41, 5.74) is 4.33. The standard InChI is InChI=1S/C24H25N5O2/c1-17-22(18(2)29(27-17)20-6-4-3-5-7-20)23-24(30)26-12-13-28(23)14-15-31-21-10-8-19(16-25)9-11-21/h3-11,23H,12-15H2,1-2H3,(H,26,30). The highest BCUT2D eigenvalue weighted by Gasteiger charge is 2.35. The predicted molar refractivity (Wildman–Crippen MR) is 117 cm³/mol. The summed E-state index contributed by atoms with van der Waals surface area (Å²) >= 11 is 0. The summed E-state index contributed by atoms with van der Waals surface area (Å²) in [5, 5.41) is 16.6. The number of carbonyl (C=O) groups excluding carboxylic acids is 1. The van der Waals surface area contributed by atoms with E-state index < -0.39 is 6.04 Å². The molecule has 4 rings (SSSR count). The van der Waals surface area contributed by atoms with E-state index in [1.807, 2.05) is 48.9 Å².